The van der Waals surface area contributed by atoms with E-state index in [1.807, 2.05) is 0 Å². The van der Waals surface area contributed by atoms with E-state index in [0.717, 1.165) is 0 Å². The molecule has 0 atom stereocenters. The fourth-order valence-electron chi connectivity index (χ4n) is 2.00. The van der Waals surface area contributed by atoms with E-state index in [1.165, 1.54) is 0 Å². The lowest BCUT2D eigenvalue weighted by atomic mass is 10.2. The van der Waals surface area contributed by atoms with Gasteiger partial charge in [0.1, 0.15) is 5.75 Å². The number of hydrogen-bond acceptors (Lipinski definition) is 5. The van der Waals surface area contributed by atoms with Gasteiger partial charge in [0.25, 0.3) is 5.56 Å². The summed E-state index contributed by atoms with van der Waals surface area (Å²) in [6.07, 6.45) is 0. The molecule has 0 aliphatic heterocycles. The average molecular weight is 283 g/mol. The molecule has 21 heavy (non-hydrogen) atoms. The van der Waals surface area contributed by atoms with Crippen LogP contribution in [0.3, 0.4) is 0 Å². The van der Waals surface area contributed by atoms with Gasteiger partial charge in [-0.05, 0) is 35.9 Å². The number of nitrogens with one attached hydrogen (secondary N) is 1. The van der Waals surface area contributed by atoms with Crippen LogP contribution in [0.15, 0.2) is 47.3 Å². The van der Waals surface area contributed by atoms with Crippen molar-refractivity contribution < 1.29 is 9.84 Å². The molecule has 0 spiro atoms. The number of benzene rings is 2. The van der Waals surface area contributed by atoms with E-state index in [2.05, 4.69) is 9.97 Å². The SMILES string of the molecule is Nc1ccc2nc(Oc3cccc(CO)c3)[nH]c(=O)c2c1. The summed E-state index contributed by atoms with van der Waals surface area (Å²) < 4.78 is 5.53. The van der Waals surface area contributed by atoms with Gasteiger partial charge in [0.15, 0.2) is 0 Å². The molecule has 0 aliphatic rings. The number of aliphatic hydroxyl groups is 1. The average Bonchev–Trinajstić information content (AvgIpc) is 2.48. The molecular formula is C15H13N3O3. The largest absolute Gasteiger partial charge is 0.426 e. The van der Waals surface area contributed by atoms with Crippen LogP contribution in [0.25, 0.3) is 10.9 Å². The molecular weight excluding hydrogens is 270 g/mol. The van der Waals surface area contributed by atoms with Crippen LogP contribution in [0.1, 0.15) is 5.56 Å². The lowest BCUT2D eigenvalue weighted by molar-refractivity contribution is 0.281. The van der Waals surface area contributed by atoms with Crippen molar-refractivity contribution in [3.63, 3.8) is 0 Å². The molecule has 106 valence electrons. The van der Waals surface area contributed by atoms with E-state index in [4.69, 9.17) is 15.6 Å². The predicted octanol–water partition coefficient (Wildman–Crippen LogP) is 1.79. The maximum atomic E-state index is 12.0. The van der Waals surface area contributed by atoms with Crippen LogP contribution in [0.5, 0.6) is 11.8 Å². The van der Waals surface area contributed by atoms with Gasteiger partial charge in [0.05, 0.1) is 17.5 Å². The first kappa shape index (κ1) is 13.1. The smallest absolute Gasteiger partial charge is 0.302 e. The van der Waals surface area contributed by atoms with Crippen molar-refractivity contribution in [3.8, 4) is 11.8 Å². The van der Waals surface area contributed by atoms with Gasteiger partial charge in [-0.25, -0.2) is 0 Å². The van der Waals surface area contributed by atoms with Crippen LogP contribution in [0.4, 0.5) is 5.69 Å². The molecule has 0 fully saturated rings. The minimum absolute atomic E-state index is 0.0852. The van der Waals surface area contributed by atoms with Crippen LogP contribution in [0.2, 0.25) is 0 Å². The van der Waals surface area contributed by atoms with Crippen molar-refractivity contribution >= 4 is 16.6 Å². The number of nitrogens with two attached hydrogens (primary N) is 1. The molecule has 6 nitrogen and oxygen atoms in total. The van der Waals surface area contributed by atoms with Gasteiger partial charge in [-0.1, -0.05) is 12.1 Å². The standard InChI is InChI=1S/C15H13N3O3/c16-10-4-5-13-12(7-10)14(20)18-15(17-13)21-11-3-1-2-9(6-11)8-19/h1-7,19H,8,16H2,(H,17,18,20). The second-order valence-electron chi connectivity index (χ2n) is 4.56. The number of ether oxygens (including phenoxy) is 1. The molecule has 0 aliphatic carbocycles. The number of nitrogen functional groups attached to an aromatic ring is 1. The molecule has 1 aromatic heterocycles. The zero-order chi connectivity index (χ0) is 14.8. The third-order valence-corrected chi connectivity index (χ3v) is 3.00. The summed E-state index contributed by atoms with van der Waals surface area (Å²) in [4.78, 5) is 18.8. The van der Waals surface area contributed by atoms with Crippen LogP contribution in [-0.4, -0.2) is 15.1 Å². The number of aromatic amines is 1. The summed E-state index contributed by atoms with van der Waals surface area (Å²) >= 11 is 0. The molecule has 4 N–H and O–H groups in total. The number of rotatable bonds is 3. The van der Waals surface area contributed by atoms with Crippen molar-refractivity contribution in [3.05, 3.63) is 58.4 Å². The van der Waals surface area contributed by atoms with E-state index in [1.54, 1.807) is 42.5 Å². The Labute approximate surface area is 119 Å². The van der Waals surface area contributed by atoms with Gasteiger partial charge in [-0.3, -0.25) is 9.78 Å². The predicted molar refractivity (Wildman–Crippen MR) is 79.2 cm³/mol. The maximum absolute atomic E-state index is 12.0. The third-order valence-electron chi connectivity index (χ3n) is 3.00. The molecule has 6 heteroatoms. The minimum atomic E-state index is -0.319. The normalized spacial score (nSPS) is 10.7. The highest BCUT2D eigenvalue weighted by molar-refractivity contribution is 5.81. The van der Waals surface area contributed by atoms with Gasteiger partial charge >= 0.3 is 6.01 Å². The Morgan fingerprint density at radius 2 is 2.10 bits per heavy atom. The number of anilines is 1. The summed E-state index contributed by atoms with van der Waals surface area (Å²) in [6.45, 7) is -0.0852. The molecule has 0 unspecified atom stereocenters. The van der Waals surface area contributed by atoms with Crippen LogP contribution < -0.4 is 16.0 Å². The van der Waals surface area contributed by atoms with Gasteiger partial charge in [0.2, 0.25) is 0 Å². The van der Waals surface area contributed by atoms with E-state index < -0.39 is 0 Å². The molecule has 3 aromatic rings. The number of aliphatic hydroxyl groups excluding tert-OH is 1. The molecule has 0 amide bonds. The third kappa shape index (κ3) is 2.70. The lowest BCUT2D eigenvalue weighted by Gasteiger charge is -2.06. The molecule has 0 saturated heterocycles. The Morgan fingerprint density at radius 1 is 1.24 bits per heavy atom. The Kier molecular flexibility index (Phi) is 3.29. The molecule has 1 heterocycles. The molecule has 0 radical (unpaired) electrons. The van der Waals surface area contributed by atoms with Gasteiger partial charge < -0.3 is 15.6 Å². The minimum Gasteiger partial charge on any atom is -0.426 e. The van der Waals surface area contributed by atoms with Crippen molar-refractivity contribution in [2.45, 2.75) is 6.61 Å². The summed E-state index contributed by atoms with van der Waals surface area (Å²) in [5, 5.41) is 9.51. The zero-order valence-electron chi connectivity index (χ0n) is 11.0. The highest BCUT2D eigenvalue weighted by atomic mass is 16.5. The topological polar surface area (TPSA) is 101 Å². The second kappa shape index (κ2) is 5.26. The number of nitrogens with zero attached hydrogens (tertiary/aromatic N) is 1. The Balaban J connectivity index is 2.01. The first-order valence-corrected chi connectivity index (χ1v) is 6.33. The number of hydrogen-bond donors (Lipinski definition) is 3. The quantitative estimate of drug-likeness (QED) is 0.636. The van der Waals surface area contributed by atoms with Gasteiger partial charge in [0, 0.05) is 5.69 Å². The Morgan fingerprint density at radius 3 is 2.90 bits per heavy atom. The molecule has 0 bridgehead atoms. The summed E-state index contributed by atoms with van der Waals surface area (Å²) in [7, 11) is 0. The van der Waals surface area contributed by atoms with Crippen molar-refractivity contribution in [1.29, 1.82) is 0 Å². The zero-order valence-corrected chi connectivity index (χ0v) is 11.0. The van der Waals surface area contributed by atoms with Gasteiger partial charge in [-0.15, -0.1) is 0 Å². The van der Waals surface area contributed by atoms with E-state index in [0.29, 0.717) is 27.9 Å². The van der Waals surface area contributed by atoms with Crippen molar-refractivity contribution in [2.75, 3.05) is 5.73 Å². The van der Waals surface area contributed by atoms with Crippen molar-refractivity contribution in [1.82, 2.24) is 9.97 Å². The monoisotopic (exact) mass is 283 g/mol. The first-order valence-electron chi connectivity index (χ1n) is 6.33. The summed E-state index contributed by atoms with van der Waals surface area (Å²) in [6, 6.07) is 11.9. The lowest BCUT2D eigenvalue weighted by Crippen LogP contribution is -2.09. The van der Waals surface area contributed by atoms with Crippen LogP contribution in [0, 0.1) is 0 Å². The Hall–Kier alpha value is -2.86. The van der Waals surface area contributed by atoms with Crippen LogP contribution in [-0.2, 0) is 6.61 Å². The van der Waals surface area contributed by atoms with E-state index in [9.17, 15) is 4.79 Å². The van der Waals surface area contributed by atoms with E-state index in [-0.39, 0.29) is 18.2 Å². The molecule has 3 rings (SSSR count). The summed E-state index contributed by atoms with van der Waals surface area (Å²) in [5.41, 5.74) is 7.04. The molecule has 2 aromatic carbocycles. The Bertz CT molecular complexity index is 858. The maximum Gasteiger partial charge on any atom is 0.302 e. The highest BCUT2D eigenvalue weighted by Crippen LogP contribution is 2.20. The number of H-pyrrole nitrogens is 1. The van der Waals surface area contributed by atoms with Crippen LogP contribution >= 0.6 is 0 Å². The number of fused-ring (bicyclic) bond motifs is 1. The summed E-state index contributed by atoms with van der Waals surface area (Å²) in [5.74, 6) is 0.486. The first-order chi connectivity index (χ1) is 10.2. The fraction of sp³-hybridized carbons (Fsp3) is 0.0667. The fourth-order valence-corrected chi connectivity index (χ4v) is 2.00. The highest BCUT2D eigenvalue weighted by Gasteiger charge is 2.06. The second-order valence-corrected chi connectivity index (χ2v) is 4.56. The molecule has 0 saturated carbocycles. The van der Waals surface area contributed by atoms with Gasteiger partial charge in [-0.2, -0.15) is 4.98 Å². The number of aromatic nitrogens is 2. The van der Waals surface area contributed by atoms with E-state index >= 15 is 0 Å². The van der Waals surface area contributed by atoms with Crippen molar-refractivity contribution in [2.24, 2.45) is 0 Å².